The molecule has 9 nitrogen and oxygen atoms in total. The van der Waals surface area contributed by atoms with Crippen LogP contribution in [0.3, 0.4) is 0 Å². The number of aromatic nitrogens is 1. The molecule has 4 N–H and O–H groups in total. The zero-order chi connectivity index (χ0) is 21.1. The molecule has 0 spiro atoms. The second kappa shape index (κ2) is 11.7. The van der Waals surface area contributed by atoms with Gasteiger partial charge >= 0.3 is 0 Å². The molecular formula is C19H29N5O4. The van der Waals surface area contributed by atoms with E-state index in [0.717, 1.165) is 12.8 Å². The summed E-state index contributed by atoms with van der Waals surface area (Å²) in [6.45, 7) is 8.04. The Bertz CT molecular complexity index is 652. The second-order valence-corrected chi connectivity index (χ2v) is 6.38. The standard InChI is InChI=1S/C19H29N5O4/c1-5-10-20-16(25)12(3)22-18(27)14-8-7-9-15(24-14)19(28)23-13(4)17(26)21-11-6-2/h7-9,12-13H,5-6,10-11H2,1-4H3,(H,20,25)(H,21,26)(H,22,27)(H,23,28)/t12-,13+. The van der Waals surface area contributed by atoms with Gasteiger partial charge in [-0.15, -0.1) is 0 Å². The molecule has 154 valence electrons. The molecular weight excluding hydrogens is 362 g/mol. The average molecular weight is 391 g/mol. The maximum Gasteiger partial charge on any atom is 0.270 e. The van der Waals surface area contributed by atoms with Gasteiger partial charge in [0.15, 0.2) is 0 Å². The van der Waals surface area contributed by atoms with Crippen molar-refractivity contribution in [3.8, 4) is 0 Å². The van der Waals surface area contributed by atoms with Gasteiger partial charge in [0.1, 0.15) is 23.5 Å². The van der Waals surface area contributed by atoms with Crippen molar-refractivity contribution in [3.05, 3.63) is 29.6 Å². The number of hydrogen-bond donors (Lipinski definition) is 4. The fourth-order valence-electron chi connectivity index (χ4n) is 2.16. The normalized spacial score (nSPS) is 12.4. The van der Waals surface area contributed by atoms with E-state index in [0.29, 0.717) is 13.1 Å². The van der Waals surface area contributed by atoms with Crippen molar-refractivity contribution in [2.75, 3.05) is 13.1 Å². The Morgan fingerprint density at radius 3 is 1.57 bits per heavy atom. The summed E-state index contributed by atoms with van der Waals surface area (Å²) in [4.78, 5) is 52.4. The van der Waals surface area contributed by atoms with Gasteiger partial charge in [0.25, 0.3) is 11.8 Å². The number of amides is 4. The Kier molecular flexibility index (Phi) is 9.63. The molecule has 0 aliphatic heterocycles. The third kappa shape index (κ3) is 7.34. The molecule has 0 aliphatic rings. The molecule has 1 aromatic heterocycles. The van der Waals surface area contributed by atoms with Gasteiger partial charge in [-0.1, -0.05) is 19.9 Å². The molecule has 0 radical (unpaired) electrons. The van der Waals surface area contributed by atoms with E-state index in [2.05, 4.69) is 26.3 Å². The number of carbonyl (C=O) groups is 4. The Hall–Kier alpha value is -2.97. The lowest BCUT2D eigenvalue weighted by Crippen LogP contribution is -2.46. The molecule has 0 aliphatic carbocycles. The number of pyridine rings is 1. The van der Waals surface area contributed by atoms with Crippen LogP contribution >= 0.6 is 0 Å². The van der Waals surface area contributed by atoms with Crippen LogP contribution in [-0.4, -0.2) is 53.8 Å². The fourth-order valence-corrected chi connectivity index (χ4v) is 2.16. The van der Waals surface area contributed by atoms with Gasteiger partial charge in [-0.05, 0) is 38.8 Å². The molecule has 0 saturated carbocycles. The van der Waals surface area contributed by atoms with Crippen LogP contribution in [0.5, 0.6) is 0 Å². The van der Waals surface area contributed by atoms with Crippen molar-refractivity contribution in [1.29, 1.82) is 0 Å². The molecule has 9 heteroatoms. The van der Waals surface area contributed by atoms with E-state index in [1.807, 2.05) is 13.8 Å². The van der Waals surface area contributed by atoms with Crippen molar-refractivity contribution in [2.24, 2.45) is 0 Å². The lowest BCUT2D eigenvalue weighted by molar-refractivity contribution is -0.123. The second-order valence-electron chi connectivity index (χ2n) is 6.38. The smallest absolute Gasteiger partial charge is 0.270 e. The number of nitrogens with one attached hydrogen (secondary N) is 4. The SMILES string of the molecule is CCCNC(=O)[C@H](C)NC(=O)c1cccc(C(=O)N[C@H](C)C(=O)NCCC)n1. The van der Waals surface area contributed by atoms with Gasteiger partial charge < -0.3 is 21.3 Å². The molecule has 1 rings (SSSR count). The summed E-state index contributed by atoms with van der Waals surface area (Å²) in [7, 11) is 0. The van der Waals surface area contributed by atoms with Gasteiger partial charge in [0.05, 0.1) is 0 Å². The first kappa shape index (κ1) is 23.1. The van der Waals surface area contributed by atoms with E-state index in [1.165, 1.54) is 18.2 Å². The van der Waals surface area contributed by atoms with E-state index in [4.69, 9.17) is 0 Å². The maximum absolute atomic E-state index is 12.3. The van der Waals surface area contributed by atoms with E-state index in [-0.39, 0.29) is 23.2 Å². The minimum atomic E-state index is -0.736. The van der Waals surface area contributed by atoms with Crippen molar-refractivity contribution in [1.82, 2.24) is 26.3 Å². The number of rotatable bonds is 10. The van der Waals surface area contributed by atoms with E-state index in [9.17, 15) is 19.2 Å². The van der Waals surface area contributed by atoms with Gasteiger partial charge in [-0.2, -0.15) is 0 Å². The predicted molar refractivity (Wildman–Crippen MR) is 105 cm³/mol. The molecule has 0 aromatic carbocycles. The van der Waals surface area contributed by atoms with Crippen LogP contribution < -0.4 is 21.3 Å². The summed E-state index contributed by atoms with van der Waals surface area (Å²) >= 11 is 0. The highest BCUT2D eigenvalue weighted by atomic mass is 16.2. The Labute approximate surface area is 165 Å². The van der Waals surface area contributed by atoms with Gasteiger partial charge in [-0.25, -0.2) is 4.98 Å². The highest BCUT2D eigenvalue weighted by Crippen LogP contribution is 2.01. The van der Waals surface area contributed by atoms with Gasteiger partial charge in [0, 0.05) is 13.1 Å². The van der Waals surface area contributed by atoms with Crippen molar-refractivity contribution >= 4 is 23.6 Å². The molecule has 2 atom stereocenters. The maximum atomic E-state index is 12.3. The molecule has 0 saturated heterocycles. The lowest BCUT2D eigenvalue weighted by Gasteiger charge is -2.15. The zero-order valence-corrected chi connectivity index (χ0v) is 16.8. The van der Waals surface area contributed by atoms with Crippen LogP contribution in [0.2, 0.25) is 0 Å². The molecule has 0 unspecified atom stereocenters. The highest BCUT2D eigenvalue weighted by molar-refractivity contribution is 5.99. The van der Waals surface area contributed by atoms with Crippen LogP contribution in [0.15, 0.2) is 18.2 Å². The minimum absolute atomic E-state index is 0.00544. The molecule has 0 fully saturated rings. The Morgan fingerprint density at radius 2 is 1.21 bits per heavy atom. The monoisotopic (exact) mass is 391 g/mol. The minimum Gasteiger partial charge on any atom is -0.354 e. The van der Waals surface area contributed by atoms with Gasteiger partial charge in [-0.3, -0.25) is 19.2 Å². The van der Waals surface area contributed by atoms with Crippen LogP contribution in [0.25, 0.3) is 0 Å². The highest BCUT2D eigenvalue weighted by Gasteiger charge is 2.20. The summed E-state index contributed by atoms with van der Waals surface area (Å²) in [5.74, 6) is -1.72. The quantitative estimate of drug-likeness (QED) is 0.458. The average Bonchev–Trinajstić information content (AvgIpc) is 2.69. The molecule has 1 aromatic rings. The molecule has 0 bridgehead atoms. The van der Waals surface area contributed by atoms with E-state index < -0.39 is 23.9 Å². The summed E-state index contributed by atoms with van der Waals surface area (Å²) in [6, 6.07) is 2.93. The summed E-state index contributed by atoms with van der Waals surface area (Å²) < 4.78 is 0. The van der Waals surface area contributed by atoms with Gasteiger partial charge in [0.2, 0.25) is 11.8 Å². The topological polar surface area (TPSA) is 129 Å². The van der Waals surface area contributed by atoms with Crippen LogP contribution in [0, 0.1) is 0 Å². The predicted octanol–water partition coefficient (Wildman–Crippen LogP) is 0.371. The molecule has 28 heavy (non-hydrogen) atoms. The van der Waals surface area contributed by atoms with Crippen LogP contribution in [0.1, 0.15) is 61.5 Å². The van der Waals surface area contributed by atoms with Crippen molar-refractivity contribution < 1.29 is 19.2 Å². The largest absolute Gasteiger partial charge is 0.354 e. The number of nitrogens with zero attached hydrogens (tertiary/aromatic N) is 1. The fraction of sp³-hybridized carbons (Fsp3) is 0.526. The van der Waals surface area contributed by atoms with Crippen molar-refractivity contribution in [2.45, 2.75) is 52.6 Å². The third-order valence-corrected chi connectivity index (χ3v) is 3.79. The van der Waals surface area contributed by atoms with Crippen molar-refractivity contribution in [3.63, 3.8) is 0 Å². The first-order valence-electron chi connectivity index (χ1n) is 9.44. The van der Waals surface area contributed by atoms with E-state index in [1.54, 1.807) is 13.8 Å². The summed E-state index contributed by atoms with van der Waals surface area (Å²) in [5, 5.41) is 10.5. The van der Waals surface area contributed by atoms with Crippen LogP contribution in [-0.2, 0) is 9.59 Å². The molecule has 1 heterocycles. The third-order valence-electron chi connectivity index (χ3n) is 3.79. The van der Waals surface area contributed by atoms with Crippen LogP contribution in [0.4, 0.5) is 0 Å². The molecule has 4 amide bonds. The zero-order valence-electron chi connectivity index (χ0n) is 16.8. The Balaban J connectivity index is 2.72. The Morgan fingerprint density at radius 1 is 0.821 bits per heavy atom. The number of carbonyl (C=O) groups excluding carboxylic acids is 4. The number of hydrogen-bond acceptors (Lipinski definition) is 5. The van der Waals surface area contributed by atoms with E-state index >= 15 is 0 Å². The summed E-state index contributed by atoms with van der Waals surface area (Å²) in [5.41, 5.74) is 0.0109. The first-order chi connectivity index (χ1) is 13.3. The lowest BCUT2D eigenvalue weighted by atomic mass is 10.2. The summed E-state index contributed by atoms with van der Waals surface area (Å²) in [6.07, 6.45) is 1.58. The first-order valence-corrected chi connectivity index (χ1v) is 9.44.